The van der Waals surface area contributed by atoms with E-state index in [1.54, 1.807) is 12.1 Å². The molecular weight excluding hydrogens is 562 g/mol. The van der Waals surface area contributed by atoms with Crippen LogP contribution in [0.25, 0.3) is 27.8 Å². The summed E-state index contributed by atoms with van der Waals surface area (Å²) in [7, 11) is 0.859. The first-order valence-electron chi connectivity index (χ1n) is 14.8. The molecule has 5 aromatic rings. The molecular formula is C31H37N9O2S. The molecule has 43 heavy (non-hydrogen) atoms. The van der Waals surface area contributed by atoms with Crippen molar-refractivity contribution in [2.24, 2.45) is 0 Å². The molecule has 2 aliphatic rings. The molecule has 11 nitrogen and oxygen atoms in total. The van der Waals surface area contributed by atoms with Crippen molar-refractivity contribution >= 4 is 43.7 Å². The van der Waals surface area contributed by atoms with Gasteiger partial charge in [-0.15, -0.1) is 5.10 Å². The second-order valence-corrected chi connectivity index (χ2v) is 13.9. The summed E-state index contributed by atoms with van der Waals surface area (Å²) in [6.45, 7) is 5.69. The number of likely N-dealkylation sites (N-methyl/N-ethyl adjacent to an activating group) is 1. The molecule has 0 amide bonds. The number of anilines is 3. The van der Waals surface area contributed by atoms with E-state index in [2.05, 4.69) is 57.0 Å². The summed E-state index contributed by atoms with van der Waals surface area (Å²) in [6, 6.07) is 18.2. The lowest BCUT2D eigenvalue weighted by molar-refractivity contribution is 0.215. The molecule has 0 bridgehead atoms. The van der Waals surface area contributed by atoms with Crippen LogP contribution in [0.5, 0.6) is 0 Å². The average molecular weight is 600 g/mol. The van der Waals surface area contributed by atoms with Crippen LogP contribution >= 0.6 is 0 Å². The smallest absolute Gasteiger partial charge is 0.247 e. The van der Waals surface area contributed by atoms with Gasteiger partial charge in [-0.3, -0.25) is 4.68 Å². The molecule has 224 valence electrons. The fraction of sp³-hybridized carbons (Fsp3) is 0.387. The third-order valence-corrected chi connectivity index (χ3v) is 9.82. The molecule has 0 saturated carbocycles. The van der Waals surface area contributed by atoms with Gasteiger partial charge in [0.15, 0.2) is 15.5 Å². The summed E-state index contributed by atoms with van der Waals surface area (Å²) in [6.07, 6.45) is 5.40. The van der Waals surface area contributed by atoms with Crippen molar-refractivity contribution in [2.45, 2.75) is 23.8 Å². The van der Waals surface area contributed by atoms with Crippen molar-refractivity contribution in [1.29, 1.82) is 0 Å². The Morgan fingerprint density at radius 2 is 1.65 bits per heavy atom. The van der Waals surface area contributed by atoms with E-state index < -0.39 is 9.84 Å². The Morgan fingerprint density at radius 3 is 2.42 bits per heavy atom. The first-order chi connectivity index (χ1) is 20.7. The fourth-order valence-corrected chi connectivity index (χ4v) is 6.84. The van der Waals surface area contributed by atoms with Gasteiger partial charge in [0.25, 0.3) is 0 Å². The van der Waals surface area contributed by atoms with Gasteiger partial charge in [0, 0.05) is 54.8 Å². The van der Waals surface area contributed by atoms with Crippen molar-refractivity contribution in [2.75, 3.05) is 69.8 Å². The van der Waals surface area contributed by atoms with Crippen molar-refractivity contribution in [3.05, 3.63) is 60.8 Å². The van der Waals surface area contributed by atoms with Crippen LogP contribution in [0.4, 0.5) is 17.3 Å². The molecule has 2 aliphatic heterocycles. The number of fused-ring (bicyclic) bond motifs is 2. The van der Waals surface area contributed by atoms with Crippen LogP contribution in [-0.2, 0) is 9.84 Å². The molecule has 3 aromatic heterocycles. The van der Waals surface area contributed by atoms with Gasteiger partial charge in [0.2, 0.25) is 5.95 Å². The first-order valence-corrected chi connectivity index (χ1v) is 16.7. The summed E-state index contributed by atoms with van der Waals surface area (Å²) in [5.41, 5.74) is 5.28. The number of rotatable bonds is 6. The summed E-state index contributed by atoms with van der Waals surface area (Å²) in [5, 5.41) is 13.9. The first kappa shape index (κ1) is 27.8. The second kappa shape index (κ2) is 10.9. The Hall–Kier alpha value is -4.00. The summed E-state index contributed by atoms with van der Waals surface area (Å²) in [4.78, 5) is 11.9. The fourth-order valence-electron chi connectivity index (χ4n) is 6.17. The van der Waals surface area contributed by atoms with Crippen LogP contribution in [0, 0.1) is 0 Å². The van der Waals surface area contributed by atoms with E-state index in [1.165, 1.54) is 6.26 Å². The van der Waals surface area contributed by atoms with E-state index in [0.717, 1.165) is 80.0 Å². The quantitative estimate of drug-likeness (QED) is 0.311. The van der Waals surface area contributed by atoms with E-state index in [1.807, 2.05) is 35.0 Å². The van der Waals surface area contributed by atoms with Crippen LogP contribution in [0.2, 0.25) is 0 Å². The number of benzene rings is 2. The van der Waals surface area contributed by atoms with Gasteiger partial charge in [-0.25, -0.2) is 12.9 Å². The van der Waals surface area contributed by atoms with Crippen molar-refractivity contribution in [3.63, 3.8) is 0 Å². The van der Waals surface area contributed by atoms with Gasteiger partial charge in [-0.05, 0) is 82.5 Å². The number of piperazine rings is 1. The third kappa shape index (κ3) is 5.57. The van der Waals surface area contributed by atoms with E-state index >= 15 is 0 Å². The maximum absolute atomic E-state index is 12.6. The molecule has 7 rings (SSSR count). The minimum atomic E-state index is -3.42. The minimum absolute atomic E-state index is 0.268. The summed E-state index contributed by atoms with van der Waals surface area (Å²) >= 11 is 0. The Labute approximate surface area is 251 Å². The topological polar surface area (TPSA) is 104 Å². The lowest BCUT2D eigenvalue weighted by atomic mass is 10.0. The molecule has 0 aliphatic carbocycles. The zero-order valence-corrected chi connectivity index (χ0v) is 25.6. The number of nitrogens with zero attached hydrogens (tertiary/aromatic N) is 8. The van der Waals surface area contributed by atoms with E-state index in [0.29, 0.717) is 23.3 Å². The monoisotopic (exact) mass is 599 g/mol. The predicted molar refractivity (Wildman–Crippen MR) is 170 cm³/mol. The zero-order valence-electron chi connectivity index (χ0n) is 24.8. The van der Waals surface area contributed by atoms with Crippen molar-refractivity contribution in [1.82, 2.24) is 34.2 Å². The zero-order chi connectivity index (χ0) is 29.7. The number of pyridine rings is 1. The van der Waals surface area contributed by atoms with Gasteiger partial charge in [0.1, 0.15) is 0 Å². The molecule has 1 N–H and O–H groups in total. The van der Waals surface area contributed by atoms with Crippen LogP contribution in [0.3, 0.4) is 0 Å². The predicted octanol–water partition coefficient (Wildman–Crippen LogP) is 3.91. The second-order valence-electron chi connectivity index (χ2n) is 11.9. The minimum Gasteiger partial charge on any atom is -0.369 e. The highest BCUT2D eigenvalue weighted by Gasteiger charge is 2.22. The molecule has 0 spiro atoms. The largest absolute Gasteiger partial charge is 0.369 e. The van der Waals surface area contributed by atoms with Gasteiger partial charge in [0.05, 0.1) is 28.3 Å². The van der Waals surface area contributed by atoms with Gasteiger partial charge in [-0.2, -0.15) is 10.1 Å². The maximum atomic E-state index is 12.6. The molecule has 2 fully saturated rings. The van der Waals surface area contributed by atoms with Gasteiger partial charge in [-0.1, -0.05) is 12.1 Å². The molecule has 0 unspecified atom stereocenters. The number of sulfone groups is 1. The standard InChI is InChI=1S/C31H37N9O2S/c1-36-11-9-25(10-12-36)39-29-8-7-22(17-23(29)21-32-39)28-5-4-6-30-34-31(35-40(28)30)33-24-18-26(20-27(19-24)43(3,41)42)38-15-13-37(2)14-16-38/h4-8,17-21,25H,9-16H2,1-3H3,(H,33,35). The number of piperidine rings is 1. The molecule has 0 atom stereocenters. The van der Waals surface area contributed by atoms with E-state index in [4.69, 9.17) is 15.2 Å². The van der Waals surface area contributed by atoms with Gasteiger partial charge < -0.3 is 20.0 Å². The SMILES string of the molecule is CN1CCC(n2ncc3cc(-c4cccc5nc(Nc6cc(N7CCN(C)CC7)cc(S(C)(=O)=O)c6)nn45)ccc32)CC1. The number of hydrogen-bond donors (Lipinski definition) is 1. The molecule has 2 saturated heterocycles. The van der Waals surface area contributed by atoms with Crippen LogP contribution in [-0.4, -0.2) is 102 Å². The van der Waals surface area contributed by atoms with Gasteiger partial charge >= 0.3 is 0 Å². The summed E-state index contributed by atoms with van der Waals surface area (Å²) in [5.74, 6) is 0.401. The van der Waals surface area contributed by atoms with Crippen LogP contribution in [0.15, 0.2) is 65.7 Å². The molecule has 2 aromatic carbocycles. The Bertz CT molecular complexity index is 1900. The number of nitrogens with one attached hydrogen (secondary N) is 1. The van der Waals surface area contributed by atoms with Crippen LogP contribution < -0.4 is 10.2 Å². The number of hydrogen-bond acceptors (Lipinski definition) is 9. The van der Waals surface area contributed by atoms with E-state index in [-0.39, 0.29) is 4.90 Å². The van der Waals surface area contributed by atoms with Crippen LogP contribution in [0.1, 0.15) is 18.9 Å². The average Bonchev–Trinajstić information content (AvgIpc) is 3.61. The Balaban J connectivity index is 1.20. The lowest BCUT2D eigenvalue weighted by Gasteiger charge is -2.34. The van der Waals surface area contributed by atoms with Crippen molar-refractivity contribution < 1.29 is 8.42 Å². The lowest BCUT2D eigenvalue weighted by Crippen LogP contribution is -2.44. The number of aromatic nitrogens is 5. The highest BCUT2D eigenvalue weighted by molar-refractivity contribution is 7.90. The Morgan fingerprint density at radius 1 is 0.884 bits per heavy atom. The highest BCUT2D eigenvalue weighted by Crippen LogP contribution is 2.31. The normalized spacial score (nSPS) is 17.7. The molecule has 5 heterocycles. The number of likely N-dealkylation sites (tertiary alicyclic amines) is 1. The van der Waals surface area contributed by atoms with E-state index in [9.17, 15) is 8.42 Å². The maximum Gasteiger partial charge on any atom is 0.247 e. The highest BCUT2D eigenvalue weighted by atomic mass is 32.2. The Kier molecular flexibility index (Phi) is 7.07. The third-order valence-electron chi connectivity index (χ3n) is 8.73. The summed E-state index contributed by atoms with van der Waals surface area (Å²) < 4.78 is 29.1. The van der Waals surface area contributed by atoms with Crippen molar-refractivity contribution in [3.8, 4) is 11.3 Å². The molecule has 0 radical (unpaired) electrons. The molecule has 12 heteroatoms.